The van der Waals surface area contributed by atoms with E-state index < -0.39 is 0 Å². The van der Waals surface area contributed by atoms with Gasteiger partial charge in [-0.05, 0) is 42.7 Å². The Bertz CT molecular complexity index is 911. The summed E-state index contributed by atoms with van der Waals surface area (Å²) < 4.78 is 1.72. The second-order valence-electron chi connectivity index (χ2n) is 6.87. The van der Waals surface area contributed by atoms with Crippen LogP contribution in [0.15, 0.2) is 36.7 Å². The molecule has 0 N–H and O–H groups in total. The summed E-state index contributed by atoms with van der Waals surface area (Å²) in [4.78, 5) is 23.9. The Morgan fingerprint density at radius 3 is 2.50 bits per heavy atom. The minimum atomic E-state index is 0.00567. The number of anilines is 1. The molecule has 6 nitrogen and oxygen atoms in total. The van der Waals surface area contributed by atoms with Gasteiger partial charge in [-0.15, -0.1) is 0 Å². The van der Waals surface area contributed by atoms with Crippen LogP contribution in [-0.2, 0) is 13.5 Å². The Morgan fingerprint density at radius 2 is 1.77 bits per heavy atom. The van der Waals surface area contributed by atoms with Crippen LogP contribution in [0, 0.1) is 0 Å². The SMILES string of the molecule is Cn1nc(C(=O)Cc2ccncc2)c2ccc(N3CCCCCC3)nc21. The van der Waals surface area contributed by atoms with Crippen molar-refractivity contribution in [2.45, 2.75) is 32.1 Å². The van der Waals surface area contributed by atoms with Gasteiger partial charge in [0, 0.05) is 39.0 Å². The molecule has 3 aromatic heterocycles. The Labute approximate surface area is 152 Å². The molecular formula is C20H23N5O. The van der Waals surface area contributed by atoms with E-state index in [1.54, 1.807) is 17.1 Å². The molecule has 0 radical (unpaired) electrons. The number of ketones is 1. The number of aromatic nitrogens is 4. The molecule has 1 fully saturated rings. The summed E-state index contributed by atoms with van der Waals surface area (Å²) in [5.41, 5.74) is 2.21. The number of rotatable bonds is 4. The maximum atomic E-state index is 12.7. The lowest BCUT2D eigenvalue weighted by molar-refractivity contribution is 0.0989. The third-order valence-electron chi connectivity index (χ3n) is 4.98. The van der Waals surface area contributed by atoms with Crippen LogP contribution in [0.2, 0.25) is 0 Å². The zero-order chi connectivity index (χ0) is 17.9. The van der Waals surface area contributed by atoms with Gasteiger partial charge in [0.1, 0.15) is 11.5 Å². The third kappa shape index (κ3) is 3.31. The first-order valence-corrected chi connectivity index (χ1v) is 9.23. The van der Waals surface area contributed by atoms with Crippen LogP contribution in [0.25, 0.3) is 11.0 Å². The second kappa shape index (κ2) is 7.23. The minimum absolute atomic E-state index is 0.00567. The Morgan fingerprint density at radius 1 is 1.04 bits per heavy atom. The number of hydrogen-bond donors (Lipinski definition) is 0. The predicted octanol–water partition coefficient (Wildman–Crippen LogP) is 3.17. The quantitative estimate of drug-likeness (QED) is 0.677. The van der Waals surface area contributed by atoms with Gasteiger partial charge < -0.3 is 4.90 Å². The zero-order valence-corrected chi connectivity index (χ0v) is 15.1. The van der Waals surface area contributed by atoms with Gasteiger partial charge in [-0.25, -0.2) is 9.67 Å². The average molecular weight is 349 g/mol. The van der Waals surface area contributed by atoms with Crippen molar-refractivity contribution in [1.82, 2.24) is 19.7 Å². The molecule has 1 saturated heterocycles. The van der Waals surface area contributed by atoms with Crippen LogP contribution in [0.5, 0.6) is 0 Å². The summed E-state index contributed by atoms with van der Waals surface area (Å²) in [5.74, 6) is 0.988. The van der Waals surface area contributed by atoms with Gasteiger partial charge in [0.2, 0.25) is 0 Å². The third-order valence-corrected chi connectivity index (χ3v) is 4.98. The lowest BCUT2D eigenvalue weighted by atomic mass is 10.1. The molecule has 4 rings (SSSR count). The minimum Gasteiger partial charge on any atom is -0.357 e. The fourth-order valence-corrected chi connectivity index (χ4v) is 3.57. The van der Waals surface area contributed by atoms with Crippen molar-refractivity contribution in [3.63, 3.8) is 0 Å². The van der Waals surface area contributed by atoms with E-state index in [0.29, 0.717) is 12.1 Å². The molecular weight excluding hydrogens is 326 g/mol. The van der Waals surface area contributed by atoms with Crippen LogP contribution in [0.4, 0.5) is 5.82 Å². The van der Waals surface area contributed by atoms with Crippen LogP contribution in [-0.4, -0.2) is 38.6 Å². The number of nitrogens with zero attached hydrogens (tertiary/aromatic N) is 5. The summed E-state index contributed by atoms with van der Waals surface area (Å²) in [5, 5.41) is 5.29. The highest BCUT2D eigenvalue weighted by atomic mass is 16.1. The van der Waals surface area contributed by atoms with Gasteiger partial charge in [-0.2, -0.15) is 5.10 Å². The van der Waals surface area contributed by atoms with Crippen LogP contribution in [0.1, 0.15) is 41.7 Å². The van der Waals surface area contributed by atoms with Crippen molar-refractivity contribution in [3.8, 4) is 0 Å². The highest BCUT2D eigenvalue weighted by Gasteiger charge is 2.19. The first-order valence-electron chi connectivity index (χ1n) is 9.23. The van der Waals surface area contributed by atoms with Gasteiger partial charge in [0.25, 0.3) is 0 Å². The van der Waals surface area contributed by atoms with Crippen molar-refractivity contribution in [3.05, 3.63) is 47.9 Å². The van der Waals surface area contributed by atoms with Gasteiger partial charge in [0.15, 0.2) is 11.4 Å². The maximum absolute atomic E-state index is 12.7. The Balaban J connectivity index is 1.64. The van der Waals surface area contributed by atoms with Gasteiger partial charge in [0.05, 0.1) is 5.39 Å². The molecule has 1 aliphatic rings. The van der Waals surface area contributed by atoms with E-state index in [4.69, 9.17) is 4.98 Å². The van der Waals surface area contributed by atoms with Crippen molar-refractivity contribution in [2.24, 2.45) is 7.05 Å². The average Bonchev–Trinajstić information content (AvgIpc) is 2.84. The largest absolute Gasteiger partial charge is 0.357 e. The van der Waals surface area contributed by atoms with Crippen LogP contribution < -0.4 is 4.90 Å². The number of fused-ring (bicyclic) bond motifs is 1. The molecule has 0 aromatic carbocycles. The lowest BCUT2D eigenvalue weighted by Crippen LogP contribution is -2.24. The monoisotopic (exact) mass is 349 g/mol. The smallest absolute Gasteiger partial charge is 0.188 e. The molecule has 0 bridgehead atoms. The molecule has 26 heavy (non-hydrogen) atoms. The number of carbonyl (C=O) groups excluding carboxylic acids is 1. The second-order valence-corrected chi connectivity index (χ2v) is 6.87. The normalized spacial score (nSPS) is 15.2. The predicted molar refractivity (Wildman–Crippen MR) is 101 cm³/mol. The van der Waals surface area contributed by atoms with E-state index in [1.807, 2.05) is 31.3 Å². The summed E-state index contributed by atoms with van der Waals surface area (Å²) in [6.45, 7) is 2.09. The van der Waals surface area contributed by atoms with Crippen LogP contribution in [0.3, 0.4) is 0 Å². The van der Waals surface area contributed by atoms with Crippen LogP contribution >= 0.6 is 0 Å². The highest BCUT2D eigenvalue weighted by molar-refractivity contribution is 6.06. The van der Waals surface area contributed by atoms with E-state index in [1.165, 1.54) is 25.7 Å². The van der Waals surface area contributed by atoms with E-state index in [2.05, 4.69) is 15.0 Å². The topological polar surface area (TPSA) is 63.9 Å². The standard InChI is InChI=1S/C20H23N5O/c1-24-20-16(6-7-18(22-20)25-12-4-2-3-5-13-25)19(23-24)17(26)14-15-8-10-21-11-9-15/h6-11H,2-5,12-14H2,1H3. The number of aryl methyl sites for hydroxylation is 1. The number of hydrogen-bond acceptors (Lipinski definition) is 5. The van der Waals surface area contributed by atoms with Crippen molar-refractivity contribution in [1.29, 1.82) is 0 Å². The molecule has 0 atom stereocenters. The van der Waals surface area contributed by atoms with E-state index >= 15 is 0 Å². The first-order chi connectivity index (χ1) is 12.7. The van der Waals surface area contributed by atoms with Crippen molar-refractivity contribution < 1.29 is 4.79 Å². The summed E-state index contributed by atoms with van der Waals surface area (Å²) in [6, 6.07) is 7.74. The molecule has 0 amide bonds. The highest BCUT2D eigenvalue weighted by Crippen LogP contribution is 2.24. The number of pyridine rings is 2. The van der Waals surface area contributed by atoms with Crippen molar-refractivity contribution in [2.75, 3.05) is 18.0 Å². The molecule has 134 valence electrons. The molecule has 0 aliphatic carbocycles. The summed E-state index contributed by atoms with van der Waals surface area (Å²) in [6.07, 6.45) is 8.72. The molecule has 0 spiro atoms. The van der Waals surface area contributed by atoms with Gasteiger partial charge >= 0.3 is 0 Å². The molecule has 6 heteroatoms. The number of Topliss-reactive ketones (excluding diaryl/α,β-unsaturated/α-hetero) is 1. The molecule has 3 aromatic rings. The molecule has 0 saturated carbocycles. The molecule has 4 heterocycles. The maximum Gasteiger partial charge on any atom is 0.188 e. The van der Waals surface area contributed by atoms with E-state index in [-0.39, 0.29) is 5.78 Å². The summed E-state index contributed by atoms with van der Waals surface area (Å²) in [7, 11) is 1.85. The molecule has 0 unspecified atom stereocenters. The van der Waals surface area contributed by atoms with E-state index in [9.17, 15) is 4.79 Å². The zero-order valence-electron chi connectivity index (χ0n) is 15.1. The fraction of sp³-hybridized carbons (Fsp3) is 0.400. The first kappa shape index (κ1) is 16.7. The molecule has 1 aliphatic heterocycles. The lowest BCUT2D eigenvalue weighted by Gasteiger charge is -2.21. The Kier molecular flexibility index (Phi) is 4.65. The number of carbonyl (C=O) groups is 1. The van der Waals surface area contributed by atoms with E-state index in [0.717, 1.165) is 35.5 Å². The van der Waals surface area contributed by atoms with Gasteiger partial charge in [-0.3, -0.25) is 9.78 Å². The fourth-order valence-electron chi connectivity index (χ4n) is 3.57. The summed E-state index contributed by atoms with van der Waals surface area (Å²) >= 11 is 0. The Hall–Kier alpha value is -2.76. The van der Waals surface area contributed by atoms with Gasteiger partial charge in [-0.1, -0.05) is 12.8 Å². The van der Waals surface area contributed by atoms with Crippen molar-refractivity contribution >= 4 is 22.6 Å².